The number of phenolic OH excluding ortho intramolecular Hbond substituents is 1. The lowest BCUT2D eigenvalue weighted by molar-refractivity contribution is 0.438. The van der Waals surface area contributed by atoms with E-state index in [2.05, 4.69) is 86.8 Å². The third-order valence-electron chi connectivity index (χ3n) is 5.89. The molecule has 0 aliphatic carbocycles. The van der Waals surface area contributed by atoms with E-state index >= 15 is 0 Å². The number of para-hydroxylation sites is 1. The van der Waals surface area contributed by atoms with Crippen molar-refractivity contribution in [2.45, 2.75) is 58.7 Å². The number of phenols is 1. The summed E-state index contributed by atoms with van der Waals surface area (Å²) in [5.41, 5.74) is 5.78. The molecular weight excluding hydrogens is 385 g/mol. The summed E-state index contributed by atoms with van der Waals surface area (Å²) >= 11 is 0. The van der Waals surface area contributed by atoms with Gasteiger partial charge in [-0.1, -0.05) is 89.0 Å². The molecule has 0 aliphatic rings. The fourth-order valence-electron chi connectivity index (χ4n) is 4.28. The number of aromatic hydroxyl groups is 1. The van der Waals surface area contributed by atoms with Crippen molar-refractivity contribution in [2.75, 3.05) is 5.32 Å². The van der Waals surface area contributed by atoms with Crippen molar-refractivity contribution in [1.29, 1.82) is 0 Å². The van der Waals surface area contributed by atoms with Gasteiger partial charge < -0.3 is 10.4 Å². The maximum absolute atomic E-state index is 11.0. The van der Waals surface area contributed by atoms with E-state index in [4.69, 9.17) is 0 Å². The van der Waals surface area contributed by atoms with Gasteiger partial charge in [0.15, 0.2) is 0 Å². The summed E-state index contributed by atoms with van der Waals surface area (Å²) < 4.78 is 0. The molecule has 2 unspecified atom stereocenters. The maximum Gasteiger partial charge on any atom is 0.122 e. The fourth-order valence-corrected chi connectivity index (χ4v) is 6.18. The minimum Gasteiger partial charge on any atom is -0.507 e. The second kappa shape index (κ2) is 10.1. The Morgan fingerprint density at radius 3 is 2.33 bits per heavy atom. The fraction of sp³-hybridized carbons (Fsp3) is 0.333. The topological polar surface area (TPSA) is 32.3 Å². The van der Waals surface area contributed by atoms with Gasteiger partial charge in [-0.2, -0.15) is 0 Å². The summed E-state index contributed by atoms with van der Waals surface area (Å²) in [7, 11) is 0.606. The average molecular weight is 420 g/mol. The van der Waals surface area contributed by atoms with E-state index in [0.29, 0.717) is 14.3 Å². The largest absolute Gasteiger partial charge is 0.507 e. The minimum atomic E-state index is -0.0432. The van der Waals surface area contributed by atoms with Crippen molar-refractivity contribution >= 4 is 19.6 Å². The zero-order chi connectivity index (χ0) is 21.6. The Morgan fingerprint density at radius 1 is 0.933 bits per heavy atom. The molecule has 3 rings (SSSR count). The molecule has 0 bridgehead atoms. The third-order valence-corrected chi connectivity index (χ3v) is 8.00. The van der Waals surface area contributed by atoms with Crippen molar-refractivity contribution in [3.05, 3.63) is 89.0 Å². The van der Waals surface area contributed by atoms with Crippen LogP contribution in [0.15, 0.2) is 66.7 Å². The molecule has 0 spiro atoms. The van der Waals surface area contributed by atoms with Gasteiger partial charge in [0.05, 0.1) is 0 Å². The summed E-state index contributed by atoms with van der Waals surface area (Å²) in [6.45, 7) is 9.46. The highest BCUT2D eigenvalue weighted by molar-refractivity contribution is 7.48. The zero-order valence-electron chi connectivity index (χ0n) is 18.6. The van der Waals surface area contributed by atoms with Crippen molar-refractivity contribution in [3.8, 4) is 5.75 Å². The highest BCUT2D eigenvalue weighted by Crippen LogP contribution is 2.51. The lowest BCUT2D eigenvalue weighted by Crippen LogP contribution is -2.25. The Balaban J connectivity index is 1.96. The Morgan fingerprint density at radius 2 is 1.63 bits per heavy atom. The van der Waals surface area contributed by atoms with Crippen LogP contribution in [0.2, 0.25) is 0 Å². The number of hydrogen-bond acceptors (Lipinski definition) is 2. The predicted octanol–water partition coefficient (Wildman–Crippen LogP) is 7.03. The standard InChI is InChI=1S/C27H34NOP/c1-5-16-27(6-2,24-18-20(3)17-21(4)26(24)29)30-25-15-11-10-12-22(25)19-28-23-13-8-7-9-14-23/h7-15,17-18,28-30H,5-6,16,19H2,1-4H3. The van der Waals surface area contributed by atoms with E-state index in [1.165, 1.54) is 16.4 Å². The van der Waals surface area contributed by atoms with Crippen LogP contribution in [0.1, 0.15) is 55.4 Å². The van der Waals surface area contributed by atoms with Crippen LogP contribution in [-0.2, 0) is 11.7 Å². The van der Waals surface area contributed by atoms with Gasteiger partial charge in [-0.3, -0.25) is 0 Å². The van der Waals surface area contributed by atoms with E-state index in [1.54, 1.807) is 0 Å². The molecule has 3 aromatic carbocycles. The van der Waals surface area contributed by atoms with E-state index in [9.17, 15) is 5.11 Å². The number of aryl methyl sites for hydroxylation is 2. The molecule has 3 aromatic rings. The highest BCUT2D eigenvalue weighted by Gasteiger charge is 2.33. The Kier molecular flexibility index (Phi) is 7.56. The molecule has 0 aliphatic heterocycles. The first-order chi connectivity index (χ1) is 14.5. The van der Waals surface area contributed by atoms with Crippen LogP contribution in [-0.4, -0.2) is 5.11 Å². The minimum absolute atomic E-state index is 0.0432. The molecular formula is C27H34NOP. The predicted molar refractivity (Wildman–Crippen MR) is 133 cm³/mol. The molecule has 0 heterocycles. The summed E-state index contributed by atoms with van der Waals surface area (Å²) in [5.74, 6) is 0.475. The van der Waals surface area contributed by atoms with Crippen LogP contribution in [0.4, 0.5) is 5.69 Å². The van der Waals surface area contributed by atoms with Crippen LogP contribution in [0.5, 0.6) is 5.75 Å². The molecule has 0 fully saturated rings. The van der Waals surface area contributed by atoms with Crippen LogP contribution in [0.25, 0.3) is 0 Å². The molecule has 0 saturated carbocycles. The molecule has 2 atom stereocenters. The first-order valence-corrected chi connectivity index (χ1v) is 11.9. The molecule has 0 saturated heterocycles. The second-order valence-electron chi connectivity index (χ2n) is 8.17. The smallest absolute Gasteiger partial charge is 0.122 e. The number of anilines is 1. The number of hydrogen-bond donors (Lipinski definition) is 2. The van der Waals surface area contributed by atoms with Gasteiger partial charge in [0.1, 0.15) is 5.75 Å². The van der Waals surface area contributed by atoms with Crippen LogP contribution < -0.4 is 10.6 Å². The summed E-state index contributed by atoms with van der Waals surface area (Å²) in [6, 6.07) is 23.4. The lowest BCUT2D eigenvalue weighted by Gasteiger charge is -2.35. The van der Waals surface area contributed by atoms with Crippen LogP contribution in [0.3, 0.4) is 0 Å². The van der Waals surface area contributed by atoms with Crippen LogP contribution in [0, 0.1) is 13.8 Å². The van der Waals surface area contributed by atoms with Gasteiger partial charge in [0.25, 0.3) is 0 Å². The van der Waals surface area contributed by atoms with E-state index in [-0.39, 0.29) is 5.16 Å². The van der Waals surface area contributed by atoms with Gasteiger partial charge in [-0.05, 0) is 55.3 Å². The maximum atomic E-state index is 11.0. The van der Waals surface area contributed by atoms with Gasteiger partial charge in [-0.15, -0.1) is 0 Å². The quantitative estimate of drug-likeness (QED) is 0.365. The van der Waals surface area contributed by atoms with Crippen molar-refractivity contribution in [2.24, 2.45) is 0 Å². The molecule has 2 nitrogen and oxygen atoms in total. The number of rotatable bonds is 9. The number of benzene rings is 3. The SMILES string of the molecule is CCCC(CC)(Pc1ccccc1CNc1ccccc1)c1cc(C)cc(C)c1O. The third kappa shape index (κ3) is 5.05. The monoisotopic (exact) mass is 419 g/mol. The first kappa shape index (κ1) is 22.4. The van der Waals surface area contributed by atoms with Gasteiger partial charge >= 0.3 is 0 Å². The summed E-state index contributed by atoms with van der Waals surface area (Å²) in [5, 5.41) is 15.9. The van der Waals surface area contributed by atoms with Gasteiger partial charge in [0.2, 0.25) is 0 Å². The van der Waals surface area contributed by atoms with Crippen molar-refractivity contribution in [1.82, 2.24) is 0 Å². The Labute approximate surface area is 183 Å². The molecule has 158 valence electrons. The van der Waals surface area contributed by atoms with E-state index < -0.39 is 0 Å². The van der Waals surface area contributed by atoms with Crippen LogP contribution >= 0.6 is 8.58 Å². The lowest BCUT2D eigenvalue weighted by atomic mass is 9.88. The summed E-state index contributed by atoms with van der Waals surface area (Å²) in [4.78, 5) is 0. The molecule has 0 aromatic heterocycles. The van der Waals surface area contributed by atoms with Gasteiger partial charge in [-0.25, -0.2) is 0 Å². The Bertz CT molecular complexity index is 970. The first-order valence-electron chi connectivity index (χ1n) is 10.9. The molecule has 30 heavy (non-hydrogen) atoms. The van der Waals surface area contributed by atoms with E-state index in [0.717, 1.165) is 42.6 Å². The van der Waals surface area contributed by atoms with E-state index in [1.807, 2.05) is 13.0 Å². The van der Waals surface area contributed by atoms with Crippen molar-refractivity contribution in [3.63, 3.8) is 0 Å². The second-order valence-corrected chi connectivity index (χ2v) is 9.91. The zero-order valence-corrected chi connectivity index (χ0v) is 19.6. The summed E-state index contributed by atoms with van der Waals surface area (Å²) in [6.07, 6.45) is 3.17. The molecule has 2 N–H and O–H groups in total. The number of nitrogens with one attached hydrogen (secondary N) is 1. The van der Waals surface area contributed by atoms with Gasteiger partial charge in [0, 0.05) is 23.0 Å². The normalized spacial score (nSPS) is 13.5. The Hall–Kier alpha value is -2.31. The molecule has 3 heteroatoms. The average Bonchev–Trinajstić information content (AvgIpc) is 2.76. The van der Waals surface area contributed by atoms with Crippen molar-refractivity contribution < 1.29 is 5.11 Å². The molecule has 0 radical (unpaired) electrons. The molecule has 0 amide bonds. The highest BCUT2D eigenvalue weighted by atomic mass is 31.1.